The molecule has 0 N–H and O–H groups in total. The number of halogens is 1. The molecular weight excluding hydrogens is 203 g/mol. The highest BCUT2D eigenvalue weighted by Crippen LogP contribution is 2.03. The Morgan fingerprint density at radius 3 is 2.73 bits per heavy atom. The van der Waals surface area contributed by atoms with Crippen LogP contribution in [0.25, 0.3) is 5.53 Å². The molecule has 0 aromatic heterocycles. The summed E-state index contributed by atoms with van der Waals surface area (Å²) in [5.74, 6) is -2.52. The number of ketones is 1. The fraction of sp³-hybridized carbons (Fsp3) is 0.444. The maximum Gasteiger partial charge on any atom is 0.366 e. The fourth-order valence-electron chi connectivity index (χ4n) is 0.753. The number of esters is 1. The van der Waals surface area contributed by atoms with E-state index in [-0.39, 0.29) is 19.4 Å². The predicted octanol–water partition coefficient (Wildman–Crippen LogP) is 1.05. The molecule has 0 aliphatic heterocycles. The van der Waals surface area contributed by atoms with Crippen LogP contribution >= 0.6 is 0 Å². The van der Waals surface area contributed by atoms with Crippen LogP contribution in [-0.2, 0) is 14.3 Å². The molecule has 15 heavy (non-hydrogen) atoms. The summed E-state index contributed by atoms with van der Waals surface area (Å²) >= 11 is 0. The van der Waals surface area contributed by atoms with Crippen molar-refractivity contribution in [3.05, 3.63) is 17.4 Å². The molecule has 0 saturated carbocycles. The molecule has 0 amide bonds. The zero-order valence-corrected chi connectivity index (χ0v) is 8.27. The monoisotopic (exact) mass is 214 g/mol. The van der Waals surface area contributed by atoms with Crippen LogP contribution in [0.4, 0.5) is 4.39 Å². The molecule has 6 heteroatoms. The van der Waals surface area contributed by atoms with Gasteiger partial charge in [0.1, 0.15) is 0 Å². The zero-order chi connectivity index (χ0) is 11.7. The molecule has 0 aromatic rings. The van der Waals surface area contributed by atoms with Gasteiger partial charge in [-0.2, -0.15) is 9.18 Å². The first-order valence-electron chi connectivity index (χ1n) is 4.34. The number of hydrogen-bond donors (Lipinski definition) is 0. The Bertz CT molecular complexity index is 319. The summed E-state index contributed by atoms with van der Waals surface area (Å²) in [5, 5.41) is 0. The number of rotatable bonds is 6. The Hall–Kier alpha value is -1.81. The third-order valence-electron chi connectivity index (χ3n) is 1.39. The van der Waals surface area contributed by atoms with Crippen LogP contribution in [0.3, 0.4) is 0 Å². The summed E-state index contributed by atoms with van der Waals surface area (Å²) in [7, 11) is 0. The second kappa shape index (κ2) is 7.58. The van der Waals surface area contributed by atoms with Crippen molar-refractivity contribution in [2.24, 2.45) is 0 Å². The lowest BCUT2D eigenvalue weighted by Crippen LogP contribution is -2.04. The Morgan fingerprint density at radius 2 is 2.20 bits per heavy atom. The minimum atomic E-state index is -1.04. The van der Waals surface area contributed by atoms with Crippen molar-refractivity contribution >= 4 is 18.0 Å². The fourth-order valence-corrected chi connectivity index (χ4v) is 0.753. The van der Waals surface area contributed by atoms with E-state index < -0.39 is 17.6 Å². The van der Waals surface area contributed by atoms with E-state index in [0.717, 1.165) is 12.3 Å². The Morgan fingerprint density at radius 1 is 1.53 bits per heavy atom. The zero-order valence-electron chi connectivity index (χ0n) is 8.27. The van der Waals surface area contributed by atoms with Crippen molar-refractivity contribution in [1.82, 2.24) is 0 Å². The molecular formula is C9H11FN2O3. The number of carbonyl (C=O) groups excluding carboxylic acids is 2. The van der Waals surface area contributed by atoms with Crippen LogP contribution in [0.5, 0.6) is 0 Å². The molecule has 0 spiro atoms. The van der Waals surface area contributed by atoms with Crippen LogP contribution in [0.15, 0.2) is 11.9 Å². The first-order chi connectivity index (χ1) is 7.11. The van der Waals surface area contributed by atoms with E-state index in [0.29, 0.717) is 0 Å². The molecule has 0 aromatic carbocycles. The average molecular weight is 214 g/mol. The number of allylic oxidation sites excluding steroid dienone is 1. The minimum absolute atomic E-state index is 0.0309. The number of ether oxygens (including phenoxy) is 1. The second-order valence-corrected chi connectivity index (χ2v) is 2.52. The third-order valence-corrected chi connectivity index (χ3v) is 1.39. The van der Waals surface area contributed by atoms with E-state index in [1.807, 2.05) is 0 Å². The standard InChI is InChI=1S/C9H11FN2O3/c1-2-15-9(14)8(10)5-3-4-7(13)6-12-11/h5-6H,2-4H2,1H3/b8-5-. The molecule has 0 unspecified atom stereocenters. The SMILES string of the molecule is CCOC(=O)/C(F)=C/CCC(=O)C=[N+]=[N-]. The van der Waals surface area contributed by atoms with Crippen LogP contribution in [0, 0.1) is 0 Å². The van der Waals surface area contributed by atoms with Crippen molar-refractivity contribution < 1.29 is 23.5 Å². The van der Waals surface area contributed by atoms with Crippen molar-refractivity contribution in [3.8, 4) is 0 Å². The molecule has 0 fully saturated rings. The van der Waals surface area contributed by atoms with Gasteiger partial charge in [0.2, 0.25) is 11.6 Å². The first kappa shape index (κ1) is 13.2. The van der Waals surface area contributed by atoms with Crippen molar-refractivity contribution in [3.63, 3.8) is 0 Å². The summed E-state index contributed by atoms with van der Waals surface area (Å²) in [6.07, 6.45) is 1.70. The molecule has 0 saturated heterocycles. The largest absolute Gasteiger partial charge is 0.461 e. The topological polar surface area (TPSA) is 79.8 Å². The van der Waals surface area contributed by atoms with Crippen LogP contribution in [0.1, 0.15) is 19.8 Å². The molecule has 0 rings (SSSR count). The smallest absolute Gasteiger partial charge is 0.366 e. The number of carbonyl (C=O) groups is 2. The lowest BCUT2D eigenvalue weighted by molar-refractivity contribution is -0.140. The van der Waals surface area contributed by atoms with E-state index in [2.05, 4.69) is 9.53 Å². The van der Waals surface area contributed by atoms with Gasteiger partial charge in [-0.05, 0) is 19.4 Å². The second-order valence-electron chi connectivity index (χ2n) is 2.52. The lowest BCUT2D eigenvalue weighted by atomic mass is 10.2. The van der Waals surface area contributed by atoms with Crippen LogP contribution in [0.2, 0.25) is 0 Å². The average Bonchev–Trinajstić information content (AvgIpc) is 2.18. The third kappa shape index (κ3) is 6.29. The predicted molar refractivity (Wildman–Crippen MR) is 49.7 cm³/mol. The molecule has 0 atom stereocenters. The van der Waals surface area contributed by atoms with Gasteiger partial charge < -0.3 is 10.3 Å². The number of nitrogens with zero attached hydrogens (tertiary/aromatic N) is 2. The summed E-state index contributed by atoms with van der Waals surface area (Å²) in [6.45, 7) is 1.66. The number of hydrogen-bond acceptors (Lipinski definition) is 3. The molecule has 0 radical (unpaired) electrons. The van der Waals surface area contributed by atoms with E-state index in [9.17, 15) is 14.0 Å². The van der Waals surface area contributed by atoms with Gasteiger partial charge in [0, 0.05) is 6.42 Å². The van der Waals surface area contributed by atoms with Crippen molar-refractivity contribution in [2.45, 2.75) is 19.8 Å². The lowest BCUT2D eigenvalue weighted by Gasteiger charge is -1.97. The maximum absolute atomic E-state index is 12.8. The van der Waals surface area contributed by atoms with Gasteiger partial charge in [0.25, 0.3) is 0 Å². The molecule has 0 aliphatic carbocycles. The first-order valence-corrected chi connectivity index (χ1v) is 4.34. The van der Waals surface area contributed by atoms with Crippen molar-refractivity contribution in [1.29, 1.82) is 0 Å². The van der Waals surface area contributed by atoms with Gasteiger partial charge in [-0.1, -0.05) is 0 Å². The summed E-state index contributed by atoms with van der Waals surface area (Å²) < 4.78 is 17.2. The van der Waals surface area contributed by atoms with Gasteiger partial charge >= 0.3 is 12.2 Å². The Labute approximate surface area is 86.2 Å². The summed E-state index contributed by atoms with van der Waals surface area (Å²) in [6, 6.07) is 0. The van der Waals surface area contributed by atoms with Gasteiger partial charge in [-0.3, -0.25) is 4.79 Å². The van der Waals surface area contributed by atoms with Gasteiger partial charge in [0.15, 0.2) is 0 Å². The van der Waals surface area contributed by atoms with Crippen molar-refractivity contribution in [2.75, 3.05) is 6.61 Å². The van der Waals surface area contributed by atoms with E-state index in [1.165, 1.54) is 0 Å². The summed E-state index contributed by atoms with van der Waals surface area (Å²) in [5.41, 5.74) is 7.99. The molecule has 0 heterocycles. The highest BCUT2D eigenvalue weighted by Gasteiger charge is 2.09. The van der Waals surface area contributed by atoms with Gasteiger partial charge in [0.05, 0.1) is 6.61 Å². The molecule has 82 valence electrons. The Balaban J connectivity index is 4.00. The highest BCUT2D eigenvalue weighted by molar-refractivity contribution is 6.25. The van der Waals surface area contributed by atoms with Gasteiger partial charge in [-0.15, -0.1) is 0 Å². The normalized spacial score (nSPS) is 10.4. The van der Waals surface area contributed by atoms with E-state index in [4.69, 9.17) is 5.53 Å². The number of Topliss-reactive ketones (excluding diaryl/α,β-unsaturated/α-hetero) is 1. The summed E-state index contributed by atoms with van der Waals surface area (Å²) in [4.78, 5) is 24.0. The van der Waals surface area contributed by atoms with Gasteiger partial charge in [-0.25, -0.2) is 4.79 Å². The van der Waals surface area contributed by atoms with Crippen LogP contribution in [-0.4, -0.2) is 29.4 Å². The molecule has 0 aliphatic rings. The minimum Gasteiger partial charge on any atom is -0.461 e. The quantitative estimate of drug-likeness (QED) is 0.218. The van der Waals surface area contributed by atoms with E-state index in [1.54, 1.807) is 6.92 Å². The van der Waals surface area contributed by atoms with Crippen LogP contribution < -0.4 is 0 Å². The van der Waals surface area contributed by atoms with E-state index >= 15 is 0 Å². The molecule has 5 nitrogen and oxygen atoms in total. The molecule has 0 bridgehead atoms. The Kier molecular flexibility index (Phi) is 6.67. The maximum atomic E-state index is 12.8. The highest BCUT2D eigenvalue weighted by atomic mass is 19.1.